The number of likely N-dealkylation sites (tertiary alicyclic amines) is 1. The van der Waals surface area contributed by atoms with Crippen LogP contribution in [0.3, 0.4) is 0 Å². The van der Waals surface area contributed by atoms with E-state index in [-0.39, 0.29) is 6.61 Å². The molecule has 1 aliphatic rings. The molecule has 3 heteroatoms. The van der Waals surface area contributed by atoms with E-state index in [9.17, 15) is 0 Å². The van der Waals surface area contributed by atoms with Gasteiger partial charge < -0.3 is 5.11 Å². The van der Waals surface area contributed by atoms with Crippen molar-refractivity contribution in [1.29, 1.82) is 0 Å². The second kappa shape index (κ2) is 7.34. The van der Waals surface area contributed by atoms with Gasteiger partial charge in [0.2, 0.25) is 0 Å². The third-order valence-corrected chi connectivity index (χ3v) is 5.23. The lowest BCUT2D eigenvalue weighted by Gasteiger charge is -2.17. The van der Waals surface area contributed by atoms with E-state index in [1.54, 1.807) is 0 Å². The topological polar surface area (TPSA) is 36.4 Å². The molecule has 1 aromatic heterocycles. The molecule has 1 atom stereocenters. The van der Waals surface area contributed by atoms with Crippen LogP contribution in [-0.2, 0) is 19.6 Å². The fraction of sp³-hybridized carbons (Fsp3) is 0.318. The zero-order chi connectivity index (χ0) is 17.1. The monoisotopic (exact) mass is 332 g/mol. The minimum Gasteiger partial charge on any atom is -0.392 e. The Bertz CT molecular complexity index is 839. The minimum absolute atomic E-state index is 0.122. The fourth-order valence-corrected chi connectivity index (χ4v) is 3.88. The normalized spacial score (nSPS) is 18.0. The quantitative estimate of drug-likeness (QED) is 0.772. The summed E-state index contributed by atoms with van der Waals surface area (Å²) >= 11 is 0. The van der Waals surface area contributed by atoms with Gasteiger partial charge >= 0.3 is 0 Å². The second-order valence-corrected chi connectivity index (χ2v) is 7.06. The molecule has 1 unspecified atom stereocenters. The summed E-state index contributed by atoms with van der Waals surface area (Å²) in [5.74, 6) is 0.716. The molecule has 4 rings (SSSR count). The van der Waals surface area contributed by atoms with Crippen LogP contribution in [-0.4, -0.2) is 28.1 Å². The van der Waals surface area contributed by atoms with Crippen LogP contribution >= 0.6 is 0 Å². The van der Waals surface area contributed by atoms with E-state index < -0.39 is 0 Å². The van der Waals surface area contributed by atoms with Gasteiger partial charge in [-0.05, 0) is 54.1 Å². The molecule has 2 aromatic carbocycles. The largest absolute Gasteiger partial charge is 0.392 e. The number of aliphatic hydroxyl groups is 1. The van der Waals surface area contributed by atoms with E-state index in [0.29, 0.717) is 5.92 Å². The molecule has 0 bridgehead atoms. The molecule has 128 valence electrons. The third-order valence-electron chi connectivity index (χ3n) is 5.23. The van der Waals surface area contributed by atoms with E-state index in [0.717, 1.165) is 37.1 Å². The van der Waals surface area contributed by atoms with Gasteiger partial charge in [-0.1, -0.05) is 42.5 Å². The van der Waals surface area contributed by atoms with Gasteiger partial charge in [-0.3, -0.25) is 9.88 Å². The second-order valence-electron chi connectivity index (χ2n) is 7.06. The number of benzene rings is 2. The predicted octanol–water partition coefficient (Wildman–Crippen LogP) is 3.79. The van der Waals surface area contributed by atoms with Crippen molar-refractivity contribution in [1.82, 2.24) is 9.88 Å². The Morgan fingerprint density at radius 3 is 2.68 bits per heavy atom. The molecule has 3 nitrogen and oxygen atoms in total. The highest BCUT2D eigenvalue weighted by atomic mass is 16.3. The van der Waals surface area contributed by atoms with Crippen molar-refractivity contribution in [2.45, 2.75) is 26.0 Å². The number of fused-ring (bicyclic) bond motifs is 1. The van der Waals surface area contributed by atoms with Gasteiger partial charge in [0.05, 0.1) is 12.1 Å². The molecule has 2 heterocycles. The first-order valence-electron chi connectivity index (χ1n) is 9.05. The Balaban J connectivity index is 1.40. The predicted molar refractivity (Wildman–Crippen MR) is 101 cm³/mol. The SMILES string of the molecule is OCc1ccc(CC2CCN(Cc3cccc4ncccc34)C2)cc1. The average Bonchev–Trinajstić information content (AvgIpc) is 3.09. The van der Waals surface area contributed by atoms with Crippen LogP contribution < -0.4 is 0 Å². The van der Waals surface area contributed by atoms with Gasteiger partial charge in [0, 0.05) is 24.7 Å². The molecular weight excluding hydrogens is 308 g/mol. The summed E-state index contributed by atoms with van der Waals surface area (Å²) in [5.41, 5.74) is 4.82. The number of pyridine rings is 1. The molecule has 0 radical (unpaired) electrons. The molecule has 1 aliphatic heterocycles. The van der Waals surface area contributed by atoms with Crippen molar-refractivity contribution in [3.63, 3.8) is 0 Å². The standard InChI is InChI=1S/C22H24N2O/c25-16-18-8-6-17(7-9-18)13-19-10-12-24(14-19)15-20-3-1-5-22-21(20)4-2-11-23-22/h1-9,11,19,25H,10,12-16H2. The molecule has 3 aromatic rings. The van der Waals surface area contributed by atoms with Crippen LogP contribution in [0.25, 0.3) is 10.9 Å². The molecule has 1 N–H and O–H groups in total. The number of hydrogen-bond donors (Lipinski definition) is 1. The first kappa shape index (κ1) is 16.2. The maximum Gasteiger partial charge on any atom is 0.0705 e. The van der Waals surface area contributed by atoms with Crippen LogP contribution in [0.15, 0.2) is 60.8 Å². The molecule has 0 saturated carbocycles. The summed E-state index contributed by atoms with van der Waals surface area (Å²) in [5, 5.41) is 10.4. The van der Waals surface area contributed by atoms with Gasteiger partial charge in [0.15, 0.2) is 0 Å². The molecule has 0 amide bonds. The highest BCUT2D eigenvalue weighted by Gasteiger charge is 2.23. The zero-order valence-electron chi connectivity index (χ0n) is 14.4. The minimum atomic E-state index is 0.122. The third kappa shape index (κ3) is 3.73. The zero-order valence-corrected chi connectivity index (χ0v) is 14.4. The van der Waals surface area contributed by atoms with Crippen molar-refractivity contribution in [2.24, 2.45) is 5.92 Å². The van der Waals surface area contributed by atoms with Crippen LogP contribution in [0.5, 0.6) is 0 Å². The van der Waals surface area contributed by atoms with Crippen molar-refractivity contribution in [3.8, 4) is 0 Å². The Hall–Kier alpha value is -2.23. The van der Waals surface area contributed by atoms with E-state index >= 15 is 0 Å². The van der Waals surface area contributed by atoms with E-state index in [1.165, 1.54) is 22.9 Å². The lowest BCUT2D eigenvalue weighted by molar-refractivity contribution is 0.282. The summed E-state index contributed by atoms with van der Waals surface area (Å²) in [6, 6.07) is 19.0. The maximum absolute atomic E-state index is 9.15. The molecule has 0 aliphatic carbocycles. The summed E-state index contributed by atoms with van der Waals surface area (Å²) in [4.78, 5) is 7.03. The van der Waals surface area contributed by atoms with Crippen LogP contribution in [0.2, 0.25) is 0 Å². The average molecular weight is 332 g/mol. The number of aliphatic hydroxyl groups excluding tert-OH is 1. The first-order valence-corrected chi connectivity index (χ1v) is 9.05. The van der Waals surface area contributed by atoms with Crippen LogP contribution in [0.1, 0.15) is 23.1 Å². The first-order chi connectivity index (χ1) is 12.3. The molecule has 1 saturated heterocycles. The summed E-state index contributed by atoms with van der Waals surface area (Å²) in [6.07, 6.45) is 4.24. The van der Waals surface area contributed by atoms with Crippen molar-refractivity contribution in [3.05, 3.63) is 77.5 Å². The Labute approximate surface area is 148 Å². The van der Waals surface area contributed by atoms with Gasteiger partial charge in [-0.2, -0.15) is 0 Å². The van der Waals surface area contributed by atoms with Crippen LogP contribution in [0, 0.1) is 5.92 Å². The molecular formula is C22H24N2O. The van der Waals surface area contributed by atoms with Crippen molar-refractivity contribution in [2.75, 3.05) is 13.1 Å². The van der Waals surface area contributed by atoms with Crippen LogP contribution in [0.4, 0.5) is 0 Å². The van der Waals surface area contributed by atoms with E-state index in [4.69, 9.17) is 5.11 Å². The smallest absolute Gasteiger partial charge is 0.0705 e. The van der Waals surface area contributed by atoms with Crippen molar-refractivity contribution < 1.29 is 5.11 Å². The Morgan fingerprint density at radius 1 is 1.00 bits per heavy atom. The van der Waals surface area contributed by atoms with Gasteiger partial charge in [-0.15, -0.1) is 0 Å². The lowest BCUT2D eigenvalue weighted by Crippen LogP contribution is -2.20. The fourth-order valence-electron chi connectivity index (χ4n) is 3.88. The maximum atomic E-state index is 9.15. The summed E-state index contributed by atoms with van der Waals surface area (Å²) in [6.45, 7) is 3.44. The molecule has 25 heavy (non-hydrogen) atoms. The van der Waals surface area contributed by atoms with Gasteiger partial charge in [-0.25, -0.2) is 0 Å². The van der Waals surface area contributed by atoms with E-state index in [1.807, 2.05) is 24.4 Å². The lowest BCUT2D eigenvalue weighted by atomic mass is 9.98. The number of hydrogen-bond acceptors (Lipinski definition) is 3. The van der Waals surface area contributed by atoms with E-state index in [2.05, 4.69) is 46.3 Å². The molecule has 1 fully saturated rings. The summed E-state index contributed by atoms with van der Waals surface area (Å²) in [7, 11) is 0. The van der Waals surface area contributed by atoms with Gasteiger partial charge in [0.1, 0.15) is 0 Å². The Kier molecular flexibility index (Phi) is 4.77. The van der Waals surface area contributed by atoms with Crippen molar-refractivity contribution >= 4 is 10.9 Å². The van der Waals surface area contributed by atoms with Gasteiger partial charge in [0.25, 0.3) is 0 Å². The highest BCUT2D eigenvalue weighted by molar-refractivity contribution is 5.81. The molecule has 0 spiro atoms. The summed E-state index contributed by atoms with van der Waals surface area (Å²) < 4.78 is 0. The Morgan fingerprint density at radius 2 is 1.84 bits per heavy atom. The number of nitrogens with zero attached hydrogens (tertiary/aromatic N) is 2. The number of aromatic nitrogens is 1. The number of rotatable bonds is 5. The highest BCUT2D eigenvalue weighted by Crippen LogP contribution is 2.25.